The third kappa shape index (κ3) is 5.17. The average molecular weight is 267 g/mol. The van der Waals surface area contributed by atoms with Crippen LogP contribution >= 0.6 is 0 Å². The zero-order chi connectivity index (χ0) is 14.5. The van der Waals surface area contributed by atoms with Crippen molar-refractivity contribution < 1.29 is 9.90 Å². The van der Waals surface area contributed by atoms with E-state index in [-0.39, 0.29) is 11.3 Å². The SMILES string of the molecule is CC(C)(C#N)CCCN1CCC([C@H](O)C(N)=O)CC1. The number of hydrogen-bond acceptors (Lipinski definition) is 4. The van der Waals surface area contributed by atoms with Crippen molar-refractivity contribution in [3.63, 3.8) is 0 Å². The molecule has 1 heterocycles. The summed E-state index contributed by atoms with van der Waals surface area (Å²) in [7, 11) is 0. The van der Waals surface area contributed by atoms with Crippen LogP contribution in [0, 0.1) is 22.7 Å². The van der Waals surface area contributed by atoms with Crippen molar-refractivity contribution >= 4 is 5.91 Å². The molecule has 0 saturated carbocycles. The molecule has 5 heteroatoms. The molecule has 1 aliphatic rings. The van der Waals surface area contributed by atoms with Crippen LogP contribution in [0.2, 0.25) is 0 Å². The van der Waals surface area contributed by atoms with E-state index < -0.39 is 12.0 Å². The lowest BCUT2D eigenvalue weighted by atomic mass is 9.88. The molecule has 3 N–H and O–H groups in total. The van der Waals surface area contributed by atoms with Crippen molar-refractivity contribution in [3.8, 4) is 6.07 Å². The van der Waals surface area contributed by atoms with Gasteiger partial charge in [0.2, 0.25) is 5.91 Å². The number of primary amides is 1. The van der Waals surface area contributed by atoms with Gasteiger partial charge < -0.3 is 15.7 Å². The Kier molecular flexibility index (Phi) is 5.77. The molecule has 1 atom stereocenters. The zero-order valence-corrected chi connectivity index (χ0v) is 11.9. The van der Waals surface area contributed by atoms with Gasteiger partial charge in [0.05, 0.1) is 11.5 Å². The van der Waals surface area contributed by atoms with E-state index in [4.69, 9.17) is 11.0 Å². The molecular weight excluding hydrogens is 242 g/mol. The van der Waals surface area contributed by atoms with Crippen LogP contribution in [0.5, 0.6) is 0 Å². The van der Waals surface area contributed by atoms with Crippen LogP contribution in [0.25, 0.3) is 0 Å². The average Bonchev–Trinajstić information content (AvgIpc) is 2.38. The number of likely N-dealkylation sites (tertiary alicyclic amines) is 1. The second-order valence-electron chi connectivity index (χ2n) is 6.13. The number of aliphatic hydroxyl groups excluding tert-OH is 1. The summed E-state index contributed by atoms with van der Waals surface area (Å²) in [5.41, 5.74) is 4.86. The summed E-state index contributed by atoms with van der Waals surface area (Å²) in [4.78, 5) is 13.3. The number of piperidine rings is 1. The molecule has 0 unspecified atom stereocenters. The largest absolute Gasteiger partial charge is 0.383 e. The molecule has 0 aromatic rings. The Hall–Kier alpha value is -1.12. The summed E-state index contributed by atoms with van der Waals surface area (Å²) in [5.74, 6) is -0.612. The summed E-state index contributed by atoms with van der Waals surface area (Å²) >= 11 is 0. The van der Waals surface area contributed by atoms with E-state index >= 15 is 0 Å². The molecule has 5 nitrogen and oxygen atoms in total. The van der Waals surface area contributed by atoms with E-state index in [0.29, 0.717) is 0 Å². The molecule has 0 bridgehead atoms. The number of carbonyl (C=O) groups is 1. The third-order valence-electron chi connectivity index (χ3n) is 3.95. The van der Waals surface area contributed by atoms with Gasteiger partial charge in [0.25, 0.3) is 0 Å². The normalized spacial score (nSPS) is 19.9. The second kappa shape index (κ2) is 6.88. The van der Waals surface area contributed by atoms with Crippen LogP contribution in [-0.2, 0) is 4.79 Å². The smallest absolute Gasteiger partial charge is 0.246 e. The number of hydrogen-bond donors (Lipinski definition) is 2. The number of amides is 1. The van der Waals surface area contributed by atoms with Gasteiger partial charge in [-0.15, -0.1) is 0 Å². The van der Waals surface area contributed by atoms with Crippen molar-refractivity contribution in [2.45, 2.75) is 45.6 Å². The van der Waals surface area contributed by atoms with E-state index in [2.05, 4.69) is 11.0 Å². The number of rotatable bonds is 6. The molecule has 108 valence electrons. The molecule has 0 radical (unpaired) electrons. The van der Waals surface area contributed by atoms with E-state index in [0.717, 1.165) is 45.3 Å². The maximum absolute atomic E-state index is 10.9. The Labute approximate surface area is 115 Å². The van der Waals surface area contributed by atoms with E-state index in [1.165, 1.54) is 0 Å². The highest BCUT2D eigenvalue weighted by molar-refractivity contribution is 5.78. The zero-order valence-electron chi connectivity index (χ0n) is 11.9. The first-order valence-corrected chi connectivity index (χ1v) is 6.97. The maximum Gasteiger partial charge on any atom is 0.246 e. The van der Waals surface area contributed by atoms with Crippen LogP contribution in [0.4, 0.5) is 0 Å². The van der Waals surface area contributed by atoms with E-state index in [1.807, 2.05) is 13.8 Å². The lowest BCUT2D eigenvalue weighted by Crippen LogP contribution is -2.43. The highest BCUT2D eigenvalue weighted by Gasteiger charge is 2.28. The number of nitrogens with zero attached hydrogens (tertiary/aromatic N) is 2. The molecule has 1 rings (SSSR count). The Bertz CT molecular complexity index is 341. The van der Waals surface area contributed by atoms with Crippen molar-refractivity contribution in [1.29, 1.82) is 5.26 Å². The van der Waals surface area contributed by atoms with Gasteiger partial charge >= 0.3 is 0 Å². The molecule has 1 fully saturated rings. The summed E-state index contributed by atoms with van der Waals surface area (Å²) in [5, 5.41) is 18.6. The molecule has 0 aromatic heterocycles. The van der Waals surface area contributed by atoms with Gasteiger partial charge in [0, 0.05) is 0 Å². The Balaban J connectivity index is 2.24. The van der Waals surface area contributed by atoms with Gasteiger partial charge in [-0.05, 0) is 65.1 Å². The molecule has 0 spiro atoms. The summed E-state index contributed by atoms with van der Waals surface area (Å²) < 4.78 is 0. The first-order valence-electron chi connectivity index (χ1n) is 6.97. The maximum atomic E-state index is 10.9. The minimum atomic E-state index is -1.00. The van der Waals surface area contributed by atoms with Gasteiger partial charge in [-0.2, -0.15) is 5.26 Å². The van der Waals surface area contributed by atoms with E-state index in [9.17, 15) is 9.90 Å². The van der Waals surface area contributed by atoms with Gasteiger partial charge in [-0.1, -0.05) is 0 Å². The predicted octanol–water partition coefficient (Wildman–Crippen LogP) is 0.875. The fourth-order valence-electron chi connectivity index (χ4n) is 2.53. The number of aliphatic hydroxyl groups is 1. The molecule has 0 aromatic carbocycles. The van der Waals surface area contributed by atoms with Crippen LogP contribution in [0.1, 0.15) is 39.5 Å². The van der Waals surface area contributed by atoms with Gasteiger partial charge in [-0.3, -0.25) is 4.79 Å². The quantitative estimate of drug-likeness (QED) is 0.747. The third-order valence-corrected chi connectivity index (χ3v) is 3.95. The lowest BCUT2D eigenvalue weighted by Gasteiger charge is -2.33. The van der Waals surface area contributed by atoms with Crippen molar-refractivity contribution in [1.82, 2.24) is 4.90 Å². The summed E-state index contributed by atoms with van der Waals surface area (Å²) in [6.45, 7) is 6.68. The van der Waals surface area contributed by atoms with Crippen molar-refractivity contribution in [3.05, 3.63) is 0 Å². The molecule has 1 saturated heterocycles. The number of nitriles is 1. The predicted molar refractivity (Wildman–Crippen MR) is 73.0 cm³/mol. The van der Waals surface area contributed by atoms with E-state index in [1.54, 1.807) is 0 Å². The monoisotopic (exact) mass is 267 g/mol. The lowest BCUT2D eigenvalue weighted by molar-refractivity contribution is -0.129. The molecule has 1 aliphatic heterocycles. The Morgan fingerprint density at radius 3 is 2.58 bits per heavy atom. The number of carbonyl (C=O) groups excluding carboxylic acids is 1. The van der Waals surface area contributed by atoms with Crippen molar-refractivity contribution in [2.75, 3.05) is 19.6 Å². The first-order chi connectivity index (χ1) is 8.85. The molecule has 19 heavy (non-hydrogen) atoms. The Morgan fingerprint density at radius 1 is 1.53 bits per heavy atom. The fourth-order valence-corrected chi connectivity index (χ4v) is 2.53. The van der Waals surface area contributed by atoms with Crippen LogP contribution in [-0.4, -0.2) is 41.7 Å². The van der Waals surface area contributed by atoms with Crippen LogP contribution in [0.3, 0.4) is 0 Å². The first kappa shape index (κ1) is 15.9. The Morgan fingerprint density at radius 2 is 2.11 bits per heavy atom. The van der Waals surface area contributed by atoms with Gasteiger partial charge in [-0.25, -0.2) is 0 Å². The second-order valence-corrected chi connectivity index (χ2v) is 6.13. The minimum Gasteiger partial charge on any atom is -0.383 e. The van der Waals surface area contributed by atoms with Crippen LogP contribution in [0.15, 0.2) is 0 Å². The molecule has 0 aliphatic carbocycles. The standard InChI is InChI=1S/C14H25N3O2/c1-14(2,10-15)6-3-7-17-8-4-11(5-9-17)12(18)13(16)19/h11-12,18H,3-9H2,1-2H3,(H2,16,19)/t12-/m0/s1. The minimum absolute atomic E-state index is 0.00398. The highest BCUT2D eigenvalue weighted by atomic mass is 16.3. The summed E-state index contributed by atoms with van der Waals surface area (Å²) in [6, 6.07) is 2.31. The highest BCUT2D eigenvalue weighted by Crippen LogP contribution is 2.23. The summed E-state index contributed by atoms with van der Waals surface area (Å²) in [6.07, 6.45) is 2.52. The van der Waals surface area contributed by atoms with Crippen LogP contribution < -0.4 is 5.73 Å². The van der Waals surface area contributed by atoms with Crippen molar-refractivity contribution in [2.24, 2.45) is 17.1 Å². The fraction of sp³-hybridized carbons (Fsp3) is 0.857. The molecular formula is C14H25N3O2. The topological polar surface area (TPSA) is 90.3 Å². The number of nitrogens with two attached hydrogens (primary N) is 1. The molecule has 1 amide bonds. The van der Waals surface area contributed by atoms with Gasteiger partial charge in [0.1, 0.15) is 6.10 Å². The van der Waals surface area contributed by atoms with Gasteiger partial charge in [0.15, 0.2) is 0 Å².